The second kappa shape index (κ2) is 43.8. The summed E-state index contributed by atoms with van der Waals surface area (Å²) in [5.41, 5.74) is 0. The molecule has 0 aliphatic heterocycles. The van der Waals surface area contributed by atoms with Crippen molar-refractivity contribution in [2.45, 2.75) is 283 Å². The molecule has 0 bridgehead atoms. The van der Waals surface area contributed by atoms with Gasteiger partial charge < -0.3 is 20.6 Å². The van der Waals surface area contributed by atoms with Crippen molar-refractivity contribution in [3.8, 4) is 0 Å². The summed E-state index contributed by atoms with van der Waals surface area (Å²) in [6.07, 6.45) is 52.6. The Bertz CT molecular complexity index is 743. The largest absolute Gasteiger partial charge is 0.394 e. The summed E-state index contributed by atoms with van der Waals surface area (Å²) in [5.74, 6) is -0.499. The number of aliphatic hydroxyl groups excluding tert-OH is 3. The highest BCUT2D eigenvalue weighted by molar-refractivity contribution is 5.80. The van der Waals surface area contributed by atoms with E-state index >= 15 is 0 Å². The minimum absolute atomic E-state index is 0.359. The van der Waals surface area contributed by atoms with Crippen molar-refractivity contribution in [1.82, 2.24) is 5.32 Å². The van der Waals surface area contributed by atoms with E-state index in [0.29, 0.717) is 6.42 Å². The van der Waals surface area contributed by atoms with Gasteiger partial charge in [-0.1, -0.05) is 257 Å². The molecule has 5 heteroatoms. The first-order chi connectivity index (χ1) is 26.1. The number of unbranched alkanes of at least 4 members (excludes halogenated alkanes) is 36. The molecule has 1 unspecified atom stereocenters. The standard InChI is InChI=1S/C48H95NO4/c1-3-5-7-9-11-13-15-17-18-19-20-21-22-23-24-25-26-27-28-29-31-33-35-37-39-41-43-47(52)48(53)49-45(44-50)46(51)42-40-38-36-34-32-30-16-14-12-10-8-6-4-2/h40,42,45-47,50-52H,3-39,41,43-44H2,1-2H3,(H,49,53)/b42-40+/t45-,46+,47?/m0/s1. The summed E-state index contributed by atoms with van der Waals surface area (Å²) in [7, 11) is 0. The van der Waals surface area contributed by atoms with E-state index in [-0.39, 0.29) is 6.61 Å². The van der Waals surface area contributed by atoms with Crippen molar-refractivity contribution in [1.29, 1.82) is 0 Å². The van der Waals surface area contributed by atoms with Gasteiger partial charge in [-0.25, -0.2) is 0 Å². The Kier molecular flexibility index (Phi) is 43.1. The zero-order chi connectivity index (χ0) is 38.7. The molecule has 4 N–H and O–H groups in total. The van der Waals surface area contributed by atoms with Gasteiger partial charge in [0.15, 0.2) is 0 Å². The molecule has 0 rings (SSSR count). The van der Waals surface area contributed by atoms with Gasteiger partial charge in [0.25, 0.3) is 0 Å². The van der Waals surface area contributed by atoms with Gasteiger partial charge in [-0.05, 0) is 19.3 Å². The molecule has 53 heavy (non-hydrogen) atoms. The number of amides is 1. The zero-order valence-corrected chi connectivity index (χ0v) is 35.9. The Labute approximate surface area is 331 Å². The average molecular weight is 750 g/mol. The summed E-state index contributed by atoms with van der Waals surface area (Å²) in [6.45, 7) is 4.20. The number of allylic oxidation sites excluding steroid dienone is 1. The monoisotopic (exact) mass is 750 g/mol. The van der Waals surface area contributed by atoms with Crippen LogP contribution >= 0.6 is 0 Å². The molecule has 3 atom stereocenters. The Balaban J connectivity index is 3.54. The molecule has 0 spiro atoms. The van der Waals surface area contributed by atoms with Crippen molar-refractivity contribution in [3.05, 3.63) is 12.2 Å². The van der Waals surface area contributed by atoms with Crippen LogP contribution in [0.3, 0.4) is 0 Å². The van der Waals surface area contributed by atoms with Gasteiger partial charge in [0, 0.05) is 0 Å². The Morgan fingerprint density at radius 3 is 1.04 bits per heavy atom. The Morgan fingerprint density at radius 2 is 0.736 bits per heavy atom. The van der Waals surface area contributed by atoms with Crippen LogP contribution in [-0.4, -0.2) is 46.1 Å². The van der Waals surface area contributed by atoms with E-state index in [1.165, 1.54) is 212 Å². The molecular weight excluding hydrogens is 655 g/mol. The molecule has 1 amide bonds. The van der Waals surface area contributed by atoms with E-state index in [2.05, 4.69) is 19.2 Å². The normalized spacial score (nSPS) is 13.5. The second-order valence-corrected chi connectivity index (χ2v) is 16.7. The lowest BCUT2D eigenvalue weighted by atomic mass is 10.0. The SMILES string of the molecule is CCCCCCCCCCCCC/C=C/[C@@H](O)[C@H](CO)NC(=O)C(O)CCCCCCCCCCCCCCCCCCCCCCCCCCCC. The lowest BCUT2D eigenvalue weighted by Gasteiger charge is -2.21. The van der Waals surface area contributed by atoms with Crippen molar-refractivity contribution in [2.75, 3.05) is 6.61 Å². The van der Waals surface area contributed by atoms with Crippen LogP contribution in [0.4, 0.5) is 0 Å². The van der Waals surface area contributed by atoms with E-state index in [1.807, 2.05) is 6.08 Å². The fraction of sp³-hybridized carbons (Fsp3) is 0.938. The van der Waals surface area contributed by atoms with E-state index < -0.39 is 24.2 Å². The smallest absolute Gasteiger partial charge is 0.249 e. The van der Waals surface area contributed by atoms with Crippen LogP contribution in [0, 0.1) is 0 Å². The molecule has 0 radical (unpaired) electrons. The number of aliphatic hydroxyl groups is 3. The number of carbonyl (C=O) groups excluding carboxylic acids is 1. The lowest BCUT2D eigenvalue weighted by Crippen LogP contribution is -2.48. The van der Waals surface area contributed by atoms with E-state index in [9.17, 15) is 20.1 Å². The van der Waals surface area contributed by atoms with Crippen LogP contribution in [0.5, 0.6) is 0 Å². The van der Waals surface area contributed by atoms with Gasteiger partial charge >= 0.3 is 0 Å². The van der Waals surface area contributed by atoms with E-state index in [4.69, 9.17) is 0 Å². The van der Waals surface area contributed by atoms with E-state index in [1.54, 1.807) is 6.08 Å². The molecule has 0 fully saturated rings. The van der Waals surface area contributed by atoms with Crippen LogP contribution in [0.25, 0.3) is 0 Å². The summed E-state index contributed by atoms with van der Waals surface area (Å²) in [6, 6.07) is -0.792. The van der Waals surface area contributed by atoms with Crippen molar-refractivity contribution < 1.29 is 20.1 Å². The molecule has 0 aromatic rings. The van der Waals surface area contributed by atoms with E-state index in [0.717, 1.165) is 32.1 Å². The highest BCUT2D eigenvalue weighted by atomic mass is 16.3. The molecule has 0 saturated carbocycles. The fourth-order valence-corrected chi connectivity index (χ4v) is 7.60. The molecule has 0 heterocycles. The molecule has 0 aromatic heterocycles. The number of rotatable bonds is 44. The van der Waals surface area contributed by atoms with Crippen LogP contribution in [0.15, 0.2) is 12.2 Å². The minimum atomic E-state index is -1.09. The quantitative estimate of drug-likeness (QED) is 0.0369. The summed E-state index contributed by atoms with van der Waals surface area (Å²) in [4.78, 5) is 12.5. The molecule has 0 aliphatic carbocycles. The van der Waals surface area contributed by atoms with Crippen LogP contribution in [0.2, 0.25) is 0 Å². The predicted molar refractivity (Wildman–Crippen MR) is 232 cm³/mol. The first-order valence-electron chi connectivity index (χ1n) is 24.0. The fourth-order valence-electron chi connectivity index (χ4n) is 7.60. The predicted octanol–water partition coefficient (Wildman–Crippen LogP) is 14.0. The molecule has 5 nitrogen and oxygen atoms in total. The Morgan fingerprint density at radius 1 is 0.453 bits per heavy atom. The maximum atomic E-state index is 12.5. The third-order valence-electron chi connectivity index (χ3n) is 11.4. The third kappa shape index (κ3) is 39.1. The summed E-state index contributed by atoms with van der Waals surface area (Å²) < 4.78 is 0. The van der Waals surface area contributed by atoms with Gasteiger partial charge in [-0.2, -0.15) is 0 Å². The van der Waals surface area contributed by atoms with Crippen LogP contribution in [-0.2, 0) is 4.79 Å². The second-order valence-electron chi connectivity index (χ2n) is 16.7. The lowest BCUT2D eigenvalue weighted by molar-refractivity contribution is -0.131. The van der Waals surface area contributed by atoms with Gasteiger partial charge in [0.2, 0.25) is 5.91 Å². The number of hydrogen-bond acceptors (Lipinski definition) is 4. The minimum Gasteiger partial charge on any atom is -0.394 e. The molecule has 0 aromatic carbocycles. The van der Waals surface area contributed by atoms with Crippen molar-refractivity contribution in [3.63, 3.8) is 0 Å². The number of hydrogen-bond donors (Lipinski definition) is 4. The van der Waals surface area contributed by atoms with Crippen molar-refractivity contribution in [2.24, 2.45) is 0 Å². The first kappa shape index (κ1) is 52.1. The number of nitrogens with one attached hydrogen (secondary N) is 1. The highest BCUT2D eigenvalue weighted by Gasteiger charge is 2.22. The van der Waals surface area contributed by atoms with Gasteiger partial charge in [0.1, 0.15) is 6.10 Å². The maximum absolute atomic E-state index is 12.5. The topological polar surface area (TPSA) is 89.8 Å². The summed E-state index contributed by atoms with van der Waals surface area (Å²) in [5, 5.41) is 33.2. The molecule has 0 aliphatic rings. The molecular formula is C48H95NO4. The van der Waals surface area contributed by atoms with Gasteiger partial charge in [-0.15, -0.1) is 0 Å². The Hall–Kier alpha value is -0.910. The zero-order valence-electron chi connectivity index (χ0n) is 35.9. The molecule has 0 saturated heterocycles. The van der Waals surface area contributed by atoms with Gasteiger partial charge in [0.05, 0.1) is 18.8 Å². The van der Waals surface area contributed by atoms with Crippen molar-refractivity contribution >= 4 is 5.91 Å². The van der Waals surface area contributed by atoms with Gasteiger partial charge in [-0.3, -0.25) is 4.79 Å². The molecule has 316 valence electrons. The number of carbonyl (C=O) groups is 1. The highest BCUT2D eigenvalue weighted by Crippen LogP contribution is 2.17. The maximum Gasteiger partial charge on any atom is 0.249 e. The average Bonchev–Trinajstić information content (AvgIpc) is 3.16. The van der Waals surface area contributed by atoms with Crippen LogP contribution in [0.1, 0.15) is 264 Å². The summed E-state index contributed by atoms with van der Waals surface area (Å²) >= 11 is 0. The third-order valence-corrected chi connectivity index (χ3v) is 11.4. The van der Waals surface area contributed by atoms with Crippen LogP contribution < -0.4 is 5.32 Å². The first-order valence-corrected chi connectivity index (χ1v) is 24.0.